The SMILES string of the molecule is Cc1ccccc1Oc1cccc(NC(=O)c2ccc(CC(C)OC(C)C)nc2C)c1. The number of pyridine rings is 1. The molecule has 1 aromatic heterocycles. The molecule has 1 unspecified atom stereocenters. The van der Waals surface area contributed by atoms with Crippen molar-refractivity contribution in [2.24, 2.45) is 0 Å². The number of anilines is 1. The molecule has 0 spiro atoms. The Kier molecular flexibility index (Phi) is 7.42. The van der Waals surface area contributed by atoms with Gasteiger partial charge < -0.3 is 14.8 Å². The summed E-state index contributed by atoms with van der Waals surface area (Å²) in [5, 5.41) is 2.94. The van der Waals surface area contributed by atoms with Gasteiger partial charge in [-0.2, -0.15) is 0 Å². The summed E-state index contributed by atoms with van der Waals surface area (Å²) in [7, 11) is 0. The molecule has 0 bridgehead atoms. The minimum atomic E-state index is -0.198. The number of carbonyl (C=O) groups excluding carboxylic acids is 1. The van der Waals surface area contributed by atoms with Crippen molar-refractivity contribution >= 4 is 11.6 Å². The number of hydrogen-bond donors (Lipinski definition) is 1. The van der Waals surface area contributed by atoms with E-state index in [9.17, 15) is 4.79 Å². The number of hydrogen-bond acceptors (Lipinski definition) is 4. The fourth-order valence-corrected chi connectivity index (χ4v) is 3.41. The lowest BCUT2D eigenvalue weighted by Gasteiger charge is -2.16. The Labute approximate surface area is 184 Å². The minimum absolute atomic E-state index is 0.0718. The lowest BCUT2D eigenvalue weighted by Crippen LogP contribution is -2.18. The van der Waals surface area contributed by atoms with Crippen molar-refractivity contribution in [3.05, 3.63) is 83.2 Å². The van der Waals surface area contributed by atoms with Crippen LogP contribution in [-0.4, -0.2) is 23.1 Å². The highest BCUT2D eigenvalue weighted by Crippen LogP contribution is 2.27. The predicted molar refractivity (Wildman–Crippen MR) is 124 cm³/mol. The van der Waals surface area contributed by atoms with Crippen LogP contribution in [0, 0.1) is 13.8 Å². The number of nitrogens with one attached hydrogen (secondary N) is 1. The number of para-hydroxylation sites is 1. The fraction of sp³-hybridized carbons (Fsp3) is 0.308. The van der Waals surface area contributed by atoms with Crippen LogP contribution in [0.4, 0.5) is 5.69 Å². The number of aromatic nitrogens is 1. The maximum absolute atomic E-state index is 12.8. The van der Waals surface area contributed by atoms with Gasteiger partial charge in [-0.25, -0.2) is 0 Å². The standard InChI is InChI=1S/C26H30N2O3/c1-17(2)30-19(4)15-22-13-14-24(20(5)27-22)26(29)28-21-10-8-11-23(16-21)31-25-12-7-6-9-18(25)3/h6-14,16-17,19H,15H2,1-5H3,(H,28,29). The van der Waals surface area contributed by atoms with Crippen LogP contribution < -0.4 is 10.1 Å². The lowest BCUT2D eigenvalue weighted by molar-refractivity contribution is 0.0190. The van der Waals surface area contributed by atoms with E-state index in [1.54, 1.807) is 0 Å². The normalized spacial score (nSPS) is 11.9. The van der Waals surface area contributed by atoms with E-state index in [4.69, 9.17) is 9.47 Å². The molecule has 0 aliphatic heterocycles. The van der Waals surface area contributed by atoms with Gasteiger partial charge in [-0.1, -0.05) is 24.3 Å². The van der Waals surface area contributed by atoms with Gasteiger partial charge in [0.05, 0.1) is 23.5 Å². The fourth-order valence-electron chi connectivity index (χ4n) is 3.41. The number of nitrogens with zero attached hydrogens (tertiary/aromatic N) is 1. The molecule has 3 aromatic rings. The summed E-state index contributed by atoms with van der Waals surface area (Å²) >= 11 is 0. The van der Waals surface area contributed by atoms with Gasteiger partial charge in [0.15, 0.2) is 0 Å². The van der Waals surface area contributed by atoms with E-state index in [0.29, 0.717) is 29.1 Å². The average molecular weight is 419 g/mol. The van der Waals surface area contributed by atoms with Gasteiger partial charge in [0.25, 0.3) is 5.91 Å². The first-order valence-electron chi connectivity index (χ1n) is 10.6. The molecular weight excluding hydrogens is 388 g/mol. The molecule has 1 amide bonds. The number of carbonyl (C=O) groups is 1. The Morgan fingerprint density at radius 3 is 2.48 bits per heavy atom. The molecule has 31 heavy (non-hydrogen) atoms. The molecule has 0 aliphatic rings. The molecule has 0 aliphatic carbocycles. The summed E-state index contributed by atoms with van der Waals surface area (Å²) in [4.78, 5) is 17.4. The van der Waals surface area contributed by atoms with Crippen LogP contribution in [0.25, 0.3) is 0 Å². The van der Waals surface area contributed by atoms with E-state index in [1.807, 2.05) is 95.3 Å². The van der Waals surface area contributed by atoms with Gasteiger partial charge in [0.1, 0.15) is 11.5 Å². The zero-order chi connectivity index (χ0) is 22.4. The van der Waals surface area contributed by atoms with Crippen LogP contribution >= 0.6 is 0 Å². The van der Waals surface area contributed by atoms with Crippen molar-refractivity contribution in [1.82, 2.24) is 4.98 Å². The van der Waals surface area contributed by atoms with Gasteiger partial charge in [-0.15, -0.1) is 0 Å². The Morgan fingerprint density at radius 2 is 1.77 bits per heavy atom. The predicted octanol–water partition coefficient (Wildman–Crippen LogP) is 6.10. The second kappa shape index (κ2) is 10.2. The van der Waals surface area contributed by atoms with Gasteiger partial charge in [-0.05, 0) is 70.5 Å². The smallest absolute Gasteiger partial charge is 0.257 e. The zero-order valence-electron chi connectivity index (χ0n) is 18.8. The molecule has 5 heteroatoms. The first-order valence-corrected chi connectivity index (χ1v) is 10.6. The molecule has 1 heterocycles. The topological polar surface area (TPSA) is 60.5 Å². The summed E-state index contributed by atoms with van der Waals surface area (Å²) < 4.78 is 11.7. The summed E-state index contributed by atoms with van der Waals surface area (Å²) in [6.45, 7) is 9.91. The highest BCUT2D eigenvalue weighted by atomic mass is 16.5. The summed E-state index contributed by atoms with van der Waals surface area (Å²) in [6.07, 6.45) is 0.952. The number of amides is 1. The number of ether oxygens (including phenoxy) is 2. The van der Waals surface area contributed by atoms with E-state index in [2.05, 4.69) is 10.3 Å². The van der Waals surface area contributed by atoms with Crippen molar-refractivity contribution in [3.63, 3.8) is 0 Å². The highest BCUT2D eigenvalue weighted by molar-refractivity contribution is 6.05. The Morgan fingerprint density at radius 1 is 1.00 bits per heavy atom. The van der Waals surface area contributed by atoms with Crippen LogP contribution in [0.15, 0.2) is 60.7 Å². The Hall–Kier alpha value is -3.18. The zero-order valence-corrected chi connectivity index (χ0v) is 18.8. The molecule has 2 aromatic carbocycles. The van der Waals surface area contributed by atoms with E-state index < -0.39 is 0 Å². The molecule has 5 nitrogen and oxygen atoms in total. The number of rotatable bonds is 8. The molecule has 1 N–H and O–H groups in total. The van der Waals surface area contributed by atoms with Crippen LogP contribution in [0.1, 0.15) is 48.1 Å². The van der Waals surface area contributed by atoms with Crippen LogP contribution in [0.3, 0.4) is 0 Å². The molecular formula is C26H30N2O3. The molecule has 0 radical (unpaired) electrons. The van der Waals surface area contributed by atoms with Crippen molar-refractivity contribution in [1.29, 1.82) is 0 Å². The first-order chi connectivity index (χ1) is 14.8. The second-order valence-corrected chi connectivity index (χ2v) is 7.98. The lowest BCUT2D eigenvalue weighted by atomic mass is 10.1. The van der Waals surface area contributed by atoms with E-state index in [0.717, 1.165) is 17.0 Å². The molecule has 162 valence electrons. The second-order valence-electron chi connectivity index (χ2n) is 7.98. The first kappa shape index (κ1) is 22.5. The van der Waals surface area contributed by atoms with Gasteiger partial charge in [-0.3, -0.25) is 9.78 Å². The third-order valence-electron chi connectivity index (χ3n) is 4.80. The summed E-state index contributed by atoms with van der Waals surface area (Å²) in [6, 6.07) is 18.9. The van der Waals surface area contributed by atoms with Crippen molar-refractivity contribution in [2.45, 2.75) is 53.2 Å². The summed E-state index contributed by atoms with van der Waals surface area (Å²) in [5.74, 6) is 1.25. The number of benzene rings is 2. The molecule has 0 saturated carbocycles. The van der Waals surface area contributed by atoms with E-state index in [-0.39, 0.29) is 18.1 Å². The number of aryl methyl sites for hydroxylation is 2. The van der Waals surface area contributed by atoms with Crippen molar-refractivity contribution in [3.8, 4) is 11.5 Å². The molecule has 0 fully saturated rings. The van der Waals surface area contributed by atoms with E-state index in [1.165, 1.54) is 0 Å². The monoisotopic (exact) mass is 418 g/mol. The van der Waals surface area contributed by atoms with Crippen LogP contribution in [0.2, 0.25) is 0 Å². The third kappa shape index (κ3) is 6.40. The van der Waals surface area contributed by atoms with Crippen molar-refractivity contribution in [2.75, 3.05) is 5.32 Å². The third-order valence-corrected chi connectivity index (χ3v) is 4.80. The maximum atomic E-state index is 12.8. The van der Waals surface area contributed by atoms with Crippen LogP contribution in [0.5, 0.6) is 11.5 Å². The van der Waals surface area contributed by atoms with Gasteiger partial charge >= 0.3 is 0 Å². The Balaban J connectivity index is 1.68. The largest absolute Gasteiger partial charge is 0.457 e. The van der Waals surface area contributed by atoms with Crippen LogP contribution in [-0.2, 0) is 11.2 Å². The van der Waals surface area contributed by atoms with E-state index >= 15 is 0 Å². The van der Waals surface area contributed by atoms with Gasteiger partial charge in [0, 0.05) is 23.9 Å². The molecule has 1 atom stereocenters. The highest BCUT2D eigenvalue weighted by Gasteiger charge is 2.14. The van der Waals surface area contributed by atoms with Crippen molar-refractivity contribution < 1.29 is 14.3 Å². The quantitative estimate of drug-likeness (QED) is 0.480. The summed E-state index contributed by atoms with van der Waals surface area (Å²) in [5.41, 5.74) is 3.87. The maximum Gasteiger partial charge on any atom is 0.257 e. The minimum Gasteiger partial charge on any atom is -0.457 e. The average Bonchev–Trinajstić information content (AvgIpc) is 2.69. The molecule has 3 rings (SSSR count). The molecule has 0 saturated heterocycles. The Bertz CT molecular complexity index is 1050. The van der Waals surface area contributed by atoms with Gasteiger partial charge in [0.2, 0.25) is 0 Å².